The Morgan fingerprint density at radius 3 is 2.71 bits per heavy atom. The summed E-state index contributed by atoms with van der Waals surface area (Å²) in [6, 6.07) is 9.56. The number of carbonyl (C=O) groups is 1. The van der Waals surface area contributed by atoms with Crippen LogP contribution in [0.5, 0.6) is 0 Å². The molecule has 0 spiro atoms. The molecule has 0 atom stereocenters. The molecule has 0 saturated carbocycles. The van der Waals surface area contributed by atoms with E-state index in [0.29, 0.717) is 5.13 Å². The minimum Gasteiger partial charge on any atom is -0.376 e. The third-order valence-corrected chi connectivity index (χ3v) is 2.75. The summed E-state index contributed by atoms with van der Waals surface area (Å²) in [6.45, 7) is 2.05. The van der Waals surface area contributed by atoms with Crippen LogP contribution in [0.15, 0.2) is 30.3 Å². The minimum absolute atomic E-state index is 0.134. The van der Waals surface area contributed by atoms with Gasteiger partial charge in [0.2, 0.25) is 11.0 Å². The Bertz CT molecular complexity index is 497. The highest BCUT2D eigenvalue weighted by Crippen LogP contribution is 2.13. The van der Waals surface area contributed by atoms with Crippen LogP contribution in [-0.2, 0) is 4.79 Å². The fourth-order valence-electron chi connectivity index (χ4n) is 1.25. The molecule has 1 amide bonds. The molecule has 6 heteroatoms. The predicted molar refractivity (Wildman–Crippen MR) is 68.2 cm³/mol. The van der Waals surface area contributed by atoms with Gasteiger partial charge in [-0.05, 0) is 19.1 Å². The molecule has 2 rings (SSSR count). The topological polar surface area (TPSA) is 66.9 Å². The number of benzene rings is 1. The second-order valence-corrected chi connectivity index (χ2v) is 4.58. The zero-order valence-corrected chi connectivity index (χ0v) is 10.1. The van der Waals surface area contributed by atoms with E-state index in [1.165, 1.54) is 11.3 Å². The van der Waals surface area contributed by atoms with Gasteiger partial charge in [-0.1, -0.05) is 29.5 Å². The summed E-state index contributed by atoms with van der Waals surface area (Å²) >= 11 is 1.36. The Hall–Kier alpha value is -1.95. The van der Waals surface area contributed by atoms with Crippen molar-refractivity contribution < 1.29 is 4.79 Å². The number of aromatic nitrogens is 2. The number of hydrogen-bond acceptors (Lipinski definition) is 5. The van der Waals surface area contributed by atoms with Crippen LogP contribution in [0.4, 0.5) is 10.8 Å². The minimum atomic E-state index is -0.134. The van der Waals surface area contributed by atoms with Crippen molar-refractivity contribution in [2.24, 2.45) is 0 Å². The summed E-state index contributed by atoms with van der Waals surface area (Å²) in [5.74, 6) is -0.134. The molecular weight excluding hydrogens is 236 g/mol. The molecule has 5 nitrogen and oxygen atoms in total. The number of para-hydroxylation sites is 1. The van der Waals surface area contributed by atoms with E-state index < -0.39 is 0 Å². The zero-order chi connectivity index (χ0) is 12.1. The molecule has 0 fully saturated rings. The Kier molecular flexibility index (Phi) is 3.66. The van der Waals surface area contributed by atoms with Gasteiger partial charge in [0.25, 0.3) is 0 Å². The van der Waals surface area contributed by atoms with E-state index in [4.69, 9.17) is 0 Å². The Morgan fingerprint density at radius 1 is 1.29 bits per heavy atom. The second kappa shape index (κ2) is 5.40. The fourth-order valence-corrected chi connectivity index (χ4v) is 1.86. The standard InChI is InChI=1S/C11H12N4OS/c1-8-14-15-11(17-8)13-10(16)7-12-9-5-3-2-4-6-9/h2-6,12H,7H2,1H3,(H,13,15,16). The summed E-state index contributed by atoms with van der Waals surface area (Å²) in [5.41, 5.74) is 0.913. The second-order valence-electron chi connectivity index (χ2n) is 3.39. The van der Waals surface area contributed by atoms with Gasteiger partial charge >= 0.3 is 0 Å². The molecule has 1 aromatic heterocycles. The van der Waals surface area contributed by atoms with Crippen LogP contribution < -0.4 is 10.6 Å². The molecule has 0 saturated heterocycles. The number of aryl methyl sites for hydroxylation is 1. The number of anilines is 2. The molecule has 0 aliphatic carbocycles. The van der Waals surface area contributed by atoms with Crippen LogP contribution in [-0.4, -0.2) is 22.6 Å². The van der Waals surface area contributed by atoms with Gasteiger partial charge in [0.05, 0.1) is 6.54 Å². The molecule has 0 aliphatic rings. The average molecular weight is 248 g/mol. The molecule has 1 aromatic carbocycles. The molecular formula is C11H12N4OS. The van der Waals surface area contributed by atoms with Gasteiger partial charge in [-0.2, -0.15) is 0 Å². The van der Waals surface area contributed by atoms with Crippen LogP contribution in [0.2, 0.25) is 0 Å². The maximum Gasteiger partial charge on any atom is 0.245 e. The maximum atomic E-state index is 11.6. The first kappa shape index (κ1) is 11.5. The van der Waals surface area contributed by atoms with Crippen molar-refractivity contribution in [3.05, 3.63) is 35.3 Å². The summed E-state index contributed by atoms with van der Waals surface area (Å²) in [4.78, 5) is 11.6. The van der Waals surface area contributed by atoms with Crippen molar-refractivity contribution in [3.8, 4) is 0 Å². The van der Waals surface area contributed by atoms with Crippen LogP contribution in [0.1, 0.15) is 5.01 Å². The molecule has 88 valence electrons. The highest BCUT2D eigenvalue weighted by Gasteiger charge is 2.05. The average Bonchev–Trinajstić information content (AvgIpc) is 2.73. The van der Waals surface area contributed by atoms with Crippen molar-refractivity contribution >= 4 is 28.1 Å². The van der Waals surface area contributed by atoms with Crippen molar-refractivity contribution in [2.75, 3.05) is 17.2 Å². The first-order valence-corrected chi connectivity index (χ1v) is 5.94. The normalized spacial score (nSPS) is 9.94. The first-order valence-electron chi connectivity index (χ1n) is 5.13. The predicted octanol–water partition coefficient (Wildman–Crippen LogP) is 1.90. The lowest BCUT2D eigenvalue weighted by Gasteiger charge is -2.04. The Balaban J connectivity index is 1.82. The molecule has 0 unspecified atom stereocenters. The van der Waals surface area contributed by atoms with E-state index in [9.17, 15) is 4.79 Å². The summed E-state index contributed by atoms with van der Waals surface area (Å²) in [7, 11) is 0. The van der Waals surface area contributed by atoms with Gasteiger partial charge in [-0.3, -0.25) is 10.1 Å². The van der Waals surface area contributed by atoms with Crippen molar-refractivity contribution in [2.45, 2.75) is 6.92 Å². The van der Waals surface area contributed by atoms with Crippen LogP contribution in [0, 0.1) is 6.92 Å². The number of carbonyl (C=O) groups excluding carboxylic acids is 1. The quantitative estimate of drug-likeness (QED) is 0.867. The summed E-state index contributed by atoms with van der Waals surface area (Å²) < 4.78 is 0. The van der Waals surface area contributed by atoms with Crippen molar-refractivity contribution in [1.82, 2.24) is 10.2 Å². The zero-order valence-electron chi connectivity index (χ0n) is 9.30. The smallest absolute Gasteiger partial charge is 0.245 e. The van der Waals surface area contributed by atoms with E-state index in [1.54, 1.807) is 0 Å². The van der Waals surface area contributed by atoms with E-state index in [1.807, 2.05) is 37.3 Å². The lowest BCUT2D eigenvalue weighted by molar-refractivity contribution is -0.114. The Labute approximate surface area is 103 Å². The van der Waals surface area contributed by atoms with Crippen molar-refractivity contribution in [1.29, 1.82) is 0 Å². The van der Waals surface area contributed by atoms with Gasteiger partial charge in [0.1, 0.15) is 5.01 Å². The Morgan fingerprint density at radius 2 is 2.06 bits per heavy atom. The van der Waals surface area contributed by atoms with E-state index >= 15 is 0 Å². The number of amides is 1. The molecule has 17 heavy (non-hydrogen) atoms. The SMILES string of the molecule is Cc1nnc(NC(=O)CNc2ccccc2)s1. The lowest BCUT2D eigenvalue weighted by atomic mass is 10.3. The van der Waals surface area contributed by atoms with Gasteiger partial charge in [-0.15, -0.1) is 10.2 Å². The van der Waals surface area contributed by atoms with Crippen LogP contribution >= 0.6 is 11.3 Å². The molecule has 0 radical (unpaired) electrons. The number of nitrogens with one attached hydrogen (secondary N) is 2. The summed E-state index contributed by atoms with van der Waals surface area (Å²) in [6.07, 6.45) is 0. The van der Waals surface area contributed by atoms with Gasteiger partial charge in [0, 0.05) is 5.69 Å². The van der Waals surface area contributed by atoms with Crippen molar-refractivity contribution in [3.63, 3.8) is 0 Å². The molecule has 0 bridgehead atoms. The highest BCUT2D eigenvalue weighted by atomic mass is 32.1. The first-order chi connectivity index (χ1) is 8.24. The van der Waals surface area contributed by atoms with E-state index in [2.05, 4.69) is 20.8 Å². The maximum absolute atomic E-state index is 11.6. The van der Waals surface area contributed by atoms with E-state index in [-0.39, 0.29) is 12.5 Å². The van der Waals surface area contributed by atoms with Gasteiger partial charge in [0.15, 0.2) is 0 Å². The fraction of sp³-hybridized carbons (Fsp3) is 0.182. The van der Waals surface area contributed by atoms with Gasteiger partial charge < -0.3 is 5.32 Å². The molecule has 2 N–H and O–H groups in total. The highest BCUT2D eigenvalue weighted by molar-refractivity contribution is 7.15. The molecule has 1 heterocycles. The number of nitrogens with zero attached hydrogens (tertiary/aromatic N) is 2. The van der Waals surface area contributed by atoms with E-state index in [0.717, 1.165) is 10.7 Å². The monoisotopic (exact) mass is 248 g/mol. The third kappa shape index (κ3) is 3.53. The van der Waals surface area contributed by atoms with Gasteiger partial charge in [-0.25, -0.2) is 0 Å². The van der Waals surface area contributed by atoms with Crippen LogP contribution in [0.3, 0.4) is 0 Å². The number of hydrogen-bond donors (Lipinski definition) is 2. The number of rotatable bonds is 4. The molecule has 2 aromatic rings. The lowest BCUT2D eigenvalue weighted by Crippen LogP contribution is -2.21. The summed E-state index contributed by atoms with van der Waals surface area (Å²) in [5, 5.41) is 14.7. The third-order valence-electron chi connectivity index (χ3n) is 2.00. The largest absolute Gasteiger partial charge is 0.376 e. The molecule has 0 aliphatic heterocycles. The van der Waals surface area contributed by atoms with Crippen LogP contribution in [0.25, 0.3) is 0 Å².